The maximum absolute atomic E-state index is 12.6. The molecule has 0 radical (unpaired) electrons. The third-order valence-electron chi connectivity index (χ3n) is 5.28. The van der Waals surface area contributed by atoms with Gasteiger partial charge in [-0.2, -0.15) is 5.10 Å². The second-order valence-electron chi connectivity index (χ2n) is 7.31. The van der Waals surface area contributed by atoms with Crippen LogP contribution in [0.3, 0.4) is 0 Å². The summed E-state index contributed by atoms with van der Waals surface area (Å²) in [7, 11) is 0. The number of hydrogen-bond donors (Lipinski definition) is 2. The Hall–Kier alpha value is -4.07. The van der Waals surface area contributed by atoms with E-state index in [0.29, 0.717) is 18.7 Å². The molecule has 0 aliphatic carbocycles. The summed E-state index contributed by atoms with van der Waals surface area (Å²) in [6.45, 7) is 6.17. The smallest absolute Gasteiger partial charge is 0.331 e. The molecule has 1 aliphatic heterocycles. The van der Waals surface area contributed by atoms with Crippen molar-refractivity contribution in [2.24, 2.45) is 5.10 Å². The summed E-state index contributed by atoms with van der Waals surface area (Å²) in [5.41, 5.74) is 0.831. The van der Waals surface area contributed by atoms with Gasteiger partial charge in [0.2, 0.25) is 5.88 Å². The van der Waals surface area contributed by atoms with Gasteiger partial charge in [-0.05, 0) is 36.8 Å². The SMILES string of the molecule is C=CCn1c(O)c(C2=NN(c3ccccc3)[C@H](c3ccc(OCC)cc3)C2)c(=O)[nH]c1=O. The predicted octanol–water partition coefficient (Wildman–Crippen LogP) is 3.18. The fraction of sp³-hybridized carbons (Fsp3) is 0.208. The van der Waals surface area contributed by atoms with Crippen LogP contribution in [0.2, 0.25) is 0 Å². The first-order chi connectivity index (χ1) is 15.5. The Bertz CT molecular complexity index is 1260. The molecule has 32 heavy (non-hydrogen) atoms. The minimum atomic E-state index is -0.697. The lowest BCUT2D eigenvalue weighted by atomic mass is 9.98. The van der Waals surface area contributed by atoms with E-state index in [1.165, 1.54) is 6.08 Å². The van der Waals surface area contributed by atoms with Crippen LogP contribution in [-0.2, 0) is 6.54 Å². The van der Waals surface area contributed by atoms with Crippen LogP contribution >= 0.6 is 0 Å². The third-order valence-corrected chi connectivity index (χ3v) is 5.28. The van der Waals surface area contributed by atoms with Gasteiger partial charge in [0.25, 0.3) is 5.56 Å². The number of aromatic amines is 1. The van der Waals surface area contributed by atoms with Crippen LogP contribution in [0, 0.1) is 0 Å². The molecule has 8 heteroatoms. The van der Waals surface area contributed by atoms with Crippen LogP contribution in [-0.4, -0.2) is 27.0 Å². The lowest BCUT2D eigenvalue weighted by Gasteiger charge is -2.24. The highest BCUT2D eigenvalue weighted by Crippen LogP contribution is 2.37. The van der Waals surface area contributed by atoms with Crippen molar-refractivity contribution in [3.05, 3.63) is 99.2 Å². The predicted molar refractivity (Wildman–Crippen MR) is 124 cm³/mol. The molecule has 0 spiro atoms. The second kappa shape index (κ2) is 8.97. The quantitative estimate of drug-likeness (QED) is 0.559. The molecule has 164 valence electrons. The van der Waals surface area contributed by atoms with Crippen molar-refractivity contribution < 1.29 is 9.84 Å². The first-order valence-electron chi connectivity index (χ1n) is 10.3. The van der Waals surface area contributed by atoms with Gasteiger partial charge in [-0.1, -0.05) is 36.4 Å². The van der Waals surface area contributed by atoms with Gasteiger partial charge in [0.15, 0.2) is 0 Å². The fourth-order valence-electron chi connectivity index (χ4n) is 3.81. The minimum absolute atomic E-state index is 0.0131. The largest absolute Gasteiger partial charge is 0.494 e. The summed E-state index contributed by atoms with van der Waals surface area (Å²) in [6, 6.07) is 17.1. The number of aromatic nitrogens is 2. The standard InChI is InChI=1S/C24H24N4O4/c1-3-14-27-23(30)21(22(29)25-24(27)31)19-15-20(16-10-12-18(13-11-16)32-4-2)28(26-19)17-8-6-5-7-9-17/h3,5-13,20,30H,1,4,14-15H2,2H3,(H,25,29,31)/t20-/m0/s1. The van der Waals surface area contributed by atoms with Crippen molar-refractivity contribution in [2.75, 3.05) is 11.6 Å². The van der Waals surface area contributed by atoms with Gasteiger partial charge >= 0.3 is 5.69 Å². The topological polar surface area (TPSA) is 99.9 Å². The van der Waals surface area contributed by atoms with Gasteiger partial charge in [0.05, 0.1) is 24.0 Å². The van der Waals surface area contributed by atoms with Crippen molar-refractivity contribution in [3.8, 4) is 11.6 Å². The first kappa shape index (κ1) is 21.2. The molecule has 1 aromatic heterocycles. The zero-order chi connectivity index (χ0) is 22.7. The molecule has 1 aliphatic rings. The lowest BCUT2D eigenvalue weighted by molar-refractivity contribution is 0.340. The van der Waals surface area contributed by atoms with Crippen molar-refractivity contribution >= 4 is 11.4 Å². The van der Waals surface area contributed by atoms with E-state index in [0.717, 1.165) is 21.6 Å². The van der Waals surface area contributed by atoms with E-state index in [1.54, 1.807) is 0 Å². The van der Waals surface area contributed by atoms with Crippen molar-refractivity contribution in [2.45, 2.75) is 25.9 Å². The number of allylic oxidation sites excluding steroid dienone is 1. The monoisotopic (exact) mass is 432 g/mol. The third kappa shape index (κ3) is 3.94. The van der Waals surface area contributed by atoms with Crippen LogP contribution in [0.15, 0.2) is 81.9 Å². The number of para-hydroxylation sites is 1. The highest BCUT2D eigenvalue weighted by atomic mass is 16.5. The molecule has 8 nitrogen and oxygen atoms in total. The molecule has 4 rings (SSSR count). The summed E-state index contributed by atoms with van der Waals surface area (Å²) in [6.07, 6.45) is 1.84. The van der Waals surface area contributed by atoms with Gasteiger partial charge in [-0.15, -0.1) is 6.58 Å². The Labute approximate surface area is 184 Å². The molecule has 2 N–H and O–H groups in total. The number of aromatic hydroxyl groups is 1. The Kier molecular flexibility index (Phi) is 5.93. The molecule has 2 heterocycles. The van der Waals surface area contributed by atoms with Crippen molar-refractivity contribution in [3.63, 3.8) is 0 Å². The van der Waals surface area contributed by atoms with Crippen LogP contribution in [0.4, 0.5) is 5.69 Å². The number of nitrogens with zero attached hydrogens (tertiary/aromatic N) is 3. The van der Waals surface area contributed by atoms with Gasteiger partial charge < -0.3 is 9.84 Å². The summed E-state index contributed by atoms with van der Waals surface area (Å²) >= 11 is 0. The van der Waals surface area contributed by atoms with E-state index >= 15 is 0 Å². The molecule has 0 saturated heterocycles. The molecule has 2 aromatic carbocycles. The molecule has 1 atom stereocenters. The average Bonchev–Trinajstić information content (AvgIpc) is 3.23. The van der Waals surface area contributed by atoms with Crippen LogP contribution in [0.1, 0.15) is 30.5 Å². The first-order valence-corrected chi connectivity index (χ1v) is 10.3. The number of hydrazone groups is 1. The van der Waals surface area contributed by atoms with E-state index in [2.05, 4.69) is 11.6 Å². The number of H-pyrrole nitrogens is 1. The number of rotatable bonds is 7. The Morgan fingerprint density at radius 2 is 1.91 bits per heavy atom. The van der Waals surface area contributed by atoms with E-state index in [9.17, 15) is 14.7 Å². The van der Waals surface area contributed by atoms with E-state index < -0.39 is 17.1 Å². The summed E-state index contributed by atoms with van der Waals surface area (Å²) in [4.78, 5) is 27.0. The molecular formula is C24H24N4O4. The van der Waals surface area contributed by atoms with E-state index in [4.69, 9.17) is 9.84 Å². The van der Waals surface area contributed by atoms with Gasteiger partial charge in [0, 0.05) is 13.0 Å². The highest BCUT2D eigenvalue weighted by molar-refractivity contribution is 6.04. The molecule has 3 aromatic rings. The van der Waals surface area contributed by atoms with Crippen molar-refractivity contribution in [1.29, 1.82) is 0 Å². The molecule has 0 saturated carbocycles. The van der Waals surface area contributed by atoms with Gasteiger partial charge in [-0.25, -0.2) is 4.79 Å². The average molecular weight is 432 g/mol. The molecule has 0 fully saturated rings. The Morgan fingerprint density at radius 3 is 2.56 bits per heavy atom. The minimum Gasteiger partial charge on any atom is -0.494 e. The Balaban J connectivity index is 1.80. The summed E-state index contributed by atoms with van der Waals surface area (Å²) in [5, 5.41) is 17.3. The summed E-state index contributed by atoms with van der Waals surface area (Å²) < 4.78 is 6.60. The molecule has 0 amide bonds. The zero-order valence-electron chi connectivity index (χ0n) is 17.7. The van der Waals surface area contributed by atoms with Crippen LogP contribution in [0.5, 0.6) is 11.6 Å². The molecule has 0 unspecified atom stereocenters. The van der Waals surface area contributed by atoms with Crippen LogP contribution < -0.4 is 21.0 Å². The molecule has 0 bridgehead atoms. The maximum atomic E-state index is 12.6. The van der Waals surface area contributed by atoms with Crippen molar-refractivity contribution in [1.82, 2.24) is 9.55 Å². The van der Waals surface area contributed by atoms with E-state index in [1.807, 2.05) is 66.5 Å². The highest BCUT2D eigenvalue weighted by Gasteiger charge is 2.33. The lowest BCUT2D eigenvalue weighted by Crippen LogP contribution is -2.33. The van der Waals surface area contributed by atoms with Gasteiger partial charge in [-0.3, -0.25) is 19.4 Å². The second-order valence-corrected chi connectivity index (χ2v) is 7.31. The number of hydrogen-bond acceptors (Lipinski definition) is 6. The Morgan fingerprint density at radius 1 is 1.19 bits per heavy atom. The zero-order valence-corrected chi connectivity index (χ0v) is 17.7. The van der Waals surface area contributed by atoms with Crippen LogP contribution in [0.25, 0.3) is 0 Å². The molecular weight excluding hydrogens is 408 g/mol. The maximum Gasteiger partial charge on any atom is 0.331 e. The summed E-state index contributed by atoms with van der Waals surface area (Å²) in [5.74, 6) is 0.352. The number of benzene rings is 2. The number of nitrogens with one attached hydrogen (secondary N) is 1. The fourth-order valence-corrected chi connectivity index (χ4v) is 3.81. The number of anilines is 1. The normalized spacial score (nSPS) is 15.5. The number of ether oxygens (including phenoxy) is 1. The van der Waals surface area contributed by atoms with E-state index in [-0.39, 0.29) is 18.2 Å². The van der Waals surface area contributed by atoms with Gasteiger partial charge in [0.1, 0.15) is 11.3 Å².